The van der Waals surface area contributed by atoms with E-state index >= 15 is 0 Å². The fraction of sp³-hybridized carbons (Fsp3) is 0.538. The van der Waals surface area contributed by atoms with Gasteiger partial charge in [0.2, 0.25) is 0 Å². The van der Waals surface area contributed by atoms with Gasteiger partial charge in [0.1, 0.15) is 11.6 Å². The smallest absolute Gasteiger partial charge is 0.144 e. The van der Waals surface area contributed by atoms with Crippen LogP contribution in [0.15, 0.2) is 18.2 Å². The fourth-order valence-electron chi connectivity index (χ4n) is 1.41. The lowest BCUT2D eigenvalue weighted by Crippen LogP contribution is -2.25. The summed E-state index contributed by atoms with van der Waals surface area (Å²) in [5, 5.41) is 3.21. The Morgan fingerprint density at radius 3 is 2.59 bits per heavy atom. The molecule has 0 saturated heterocycles. The molecule has 0 fully saturated rings. The van der Waals surface area contributed by atoms with Crippen molar-refractivity contribution in [2.24, 2.45) is 0 Å². The molecule has 0 unspecified atom stereocenters. The Morgan fingerprint density at radius 2 is 2.00 bits per heavy atom. The van der Waals surface area contributed by atoms with Gasteiger partial charge in [-0.3, -0.25) is 0 Å². The lowest BCUT2D eigenvalue weighted by atomic mass is 10.1. The molecule has 4 heteroatoms. The van der Waals surface area contributed by atoms with E-state index in [2.05, 4.69) is 5.32 Å². The highest BCUT2D eigenvalue weighted by Crippen LogP contribution is 2.25. The first-order valence-corrected chi connectivity index (χ1v) is 5.61. The molecule has 0 amide bonds. The average Bonchev–Trinajstić information content (AvgIpc) is 2.30. The van der Waals surface area contributed by atoms with Crippen LogP contribution in [0.2, 0.25) is 0 Å². The van der Waals surface area contributed by atoms with Gasteiger partial charge in [0.25, 0.3) is 0 Å². The van der Waals surface area contributed by atoms with Crippen molar-refractivity contribution in [3.63, 3.8) is 0 Å². The molecule has 1 aromatic rings. The van der Waals surface area contributed by atoms with Crippen LogP contribution in [0, 0.1) is 5.82 Å². The largest absolute Gasteiger partial charge is 0.494 e. The highest BCUT2D eigenvalue weighted by atomic mass is 19.1. The quantitative estimate of drug-likeness (QED) is 0.830. The predicted octanol–water partition coefficient (Wildman–Crippen LogP) is 3.06. The maximum Gasteiger partial charge on any atom is 0.144 e. The Labute approximate surface area is 102 Å². The maximum absolute atomic E-state index is 13.0. The van der Waals surface area contributed by atoms with Gasteiger partial charge in [-0.25, -0.2) is 4.39 Å². The van der Waals surface area contributed by atoms with Gasteiger partial charge < -0.3 is 14.8 Å². The highest BCUT2D eigenvalue weighted by Gasteiger charge is 2.15. The molecular weight excluding hydrogens is 221 g/mol. The van der Waals surface area contributed by atoms with Gasteiger partial charge in [-0.2, -0.15) is 0 Å². The summed E-state index contributed by atoms with van der Waals surface area (Å²) < 4.78 is 23.4. The first-order chi connectivity index (χ1) is 7.98. The van der Waals surface area contributed by atoms with Crippen molar-refractivity contribution in [3.05, 3.63) is 24.0 Å². The van der Waals surface area contributed by atoms with Gasteiger partial charge in [-0.15, -0.1) is 0 Å². The summed E-state index contributed by atoms with van der Waals surface area (Å²) in [6, 6.07) is 4.45. The summed E-state index contributed by atoms with van der Waals surface area (Å²) in [7, 11) is 3.22. The van der Waals surface area contributed by atoms with Crippen molar-refractivity contribution in [2.75, 3.05) is 26.1 Å². The number of ether oxygens (including phenoxy) is 2. The van der Waals surface area contributed by atoms with E-state index in [1.165, 1.54) is 19.2 Å². The Morgan fingerprint density at radius 1 is 1.29 bits per heavy atom. The zero-order chi connectivity index (χ0) is 12.9. The molecule has 0 spiro atoms. The SMILES string of the molecule is COc1cc(F)ccc1NCCC(C)(C)OC. The minimum atomic E-state index is -0.301. The first kappa shape index (κ1) is 13.8. The third kappa shape index (κ3) is 4.23. The van der Waals surface area contributed by atoms with Gasteiger partial charge in [0.05, 0.1) is 18.4 Å². The van der Waals surface area contributed by atoms with Crippen LogP contribution in [0.1, 0.15) is 20.3 Å². The second kappa shape index (κ2) is 5.87. The molecule has 0 heterocycles. The van der Waals surface area contributed by atoms with Crippen molar-refractivity contribution in [1.82, 2.24) is 0 Å². The third-order valence-electron chi connectivity index (χ3n) is 2.76. The average molecular weight is 241 g/mol. The van der Waals surface area contributed by atoms with Crippen LogP contribution in [0.5, 0.6) is 5.75 Å². The van der Waals surface area contributed by atoms with E-state index in [0.717, 1.165) is 18.7 Å². The lowest BCUT2D eigenvalue weighted by Gasteiger charge is -2.23. The number of halogens is 1. The van der Waals surface area contributed by atoms with Crippen LogP contribution in [-0.2, 0) is 4.74 Å². The zero-order valence-electron chi connectivity index (χ0n) is 10.8. The fourth-order valence-corrected chi connectivity index (χ4v) is 1.41. The molecule has 0 saturated carbocycles. The molecule has 0 radical (unpaired) electrons. The van der Waals surface area contributed by atoms with Crippen LogP contribution in [0.4, 0.5) is 10.1 Å². The number of hydrogen-bond acceptors (Lipinski definition) is 3. The topological polar surface area (TPSA) is 30.5 Å². The van der Waals surface area contributed by atoms with Crippen molar-refractivity contribution in [3.8, 4) is 5.75 Å². The summed E-state index contributed by atoms with van der Waals surface area (Å²) in [6.07, 6.45) is 0.851. The molecule has 0 atom stereocenters. The summed E-state index contributed by atoms with van der Waals surface area (Å²) >= 11 is 0. The Balaban J connectivity index is 2.57. The van der Waals surface area contributed by atoms with Gasteiger partial charge in [0.15, 0.2) is 0 Å². The second-order valence-corrected chi connectivity index (χ2v) is 4.49. The minimum Gasteiger partial charge on any atom is -0.494 e. The molecule has 0 aromatic heterocycles. The number of benzene rings is 1. The van der Waals surface area contributed by atoms with Crippen molar-refractivity contribution >= 4 is 5.69 Å². The van der Waals surface area contributed by atoms with Crippen LogP contribution in [0.25, 0.3) is 0 Å². The van der Waals surface area contributed by atoms with Crippen molar-refractivity contribution in [1.29, 1.82) is 0 Å². The minimum absolute atomic E-state index is 0.166. The second-order valence-electron chi connectivity index (χ2n) is 4.49. The Hall–Kier alpha value is -1.29. The molecule has 0 aliphatic carbocycles. The summed E-state index contributed by atoms with van der Waals surface area (Å²) in [4.78, 5) is 0. The van der Waals surface area contributed by atoms with E-state index in [1.807, 2.05) is 13.8 Å². The lowest BCUT2D eigenvalue weighted by molar-refractivity contribution is 0.0185. The van der Waals surface area contributed by atoms with Crippen LogP contribution < -0.4 is 10.1 Å². The standard InChI is InChI=1S/C13H20FNO2/c1-13(2,17-4)7-8-15-11-6-5-10(14)9-12(11)16-3/h5-6,9,15H,7-8H2,1-4H3. The summed E-state index contributed by atoms with van der Waals surface area (Å²) in [6.45, 7) is 4.79. The normalized spacial score (nSPS) is 11.4. The van der Waals surface area contributed by atoms with E-state index in [9.17, 15) is 4.39 Å². The van der Waals surface area contributed by atoms with E-state index in [1.54, 1.807) is 13.2 Å². The molecule has 3 nitrogen and oxygen atoms in total. The Kier molecular flexibility index (Phi) is 4.75. The molecule has 96 valence electrons. The third-order valence-corrected chi connectivity index (χ3v) is 2.76. The van der Waals surface area contributed by atoms with Crippen LogP contribution in [0.3, 0.4) is 0 Å². The number of nitrogens with one attached hydrogen (secondary N) is 1. The zero-order valence-corrected chi connectivity index (χ0v) is 10.8. The molecule has 1 rings (SSSR count). The number of hydrogen-bond donors (Lipinski definition) is 1. The van der Waals surface area contributed by atoms with Gasteiger partial charge in [0, 0.05) is 19.7 Å². The van der Waals surface area contributed by atoms with Crippen LogP contribution >= 0.6 is 0 Å². The molecule has 1 aromatic carbocycles. The van der Waals surface area contributed by atoms with E-state index < -0.39 is 0 Å². The van der Waals surface area contributed by atoms with Crippen LogP contribution in [-0.4, -0.2) is 26.4 Å². The van der Waals surface area contributed by atoms with Crippen molar-refractivity contribution in [2.45, 2.75) is 25.9 Å². The molecule has 17 heavy (non-hydrogen) atoms. The highest BCUT2D eigenvalue weighted by molar-refractivity contribution is 5.56. The maximum atomic E-state index is 13.0. The molecule has 1 N–H and O–H groups in total. The molecular formula is C13H20FNO2. The monoisotopic (exact) mass is 241 g/mol. The Bertz CT molecular complexity index is 366. The van der Waals surface area contributed by atoms with Gasteiger partial charge in [-0.05, 0) is 32.4 Å². The summed E-state index contributed by atoms with van der Waals surface area (Å²) in [5.41, 5.74) is 0.626. The van der Waals surface area contributed by atoms with E-state index in [4.69, 9.17) is 9.47 Å². The van der Waals surface area contributed by atoms with Crippen molar-refractivity contribution < 1.29 is 13.9 Å². The molecule has 0 aliphatic heterocycles. The van der Waals surface area contributed by atoms with E-state index in [-0.39, 0.29) is 11.4 Å². The number of anilines is 1. The number of rotatable bonds is 6. The predicted molar refractivity (Wildman–Crippen MR) is 67.1 cm³/mol. The molecule has 0 bridgehead atoms. The first-order valence-electron chi connectivity index (χ1n) is 5.61. The number of methoxy groups -OCH3 is 2. The van der Waals surface area contributed by atoms with Gasteiger partial charge in [-0.1, -0.05) is 0 Å². The van der Waals surface area contributed by atoms with E-state index in [0.29, 0.717) is 5.75 Å². The van der Waals surface area contributed by atoms with Gasteiger partial charge >= 0.3 is 0 Å². The summed E-state index contributed by atoms with van der Waals surface area (Å²) in [5.74, 6) is 0.213. The molecule has 0 aliphatic rings.